The van der Waals surface area contributed by atoms with Crippen LogP contribution in [0.4, 0.5) is 5.95 Å². The summed E-state index contributed by atoms with van der Waals surface area (Å²) >= 11 is 0. The summed E-state index contributed by atoms with van der Waals surface area (Å²) < 4.78 is 1.80. The highest BCUT2D eigenvalue weighted by Gasteiger charge is 2.07. The molecule has 2 rings (SSSR count). The number of imidazole rings is 1. The molecule has 19 heavy (non-hydrogen) atoms. The van der Waals surface area contributed by atoms with E-state index in [1.807, 2.05) is 6.20 Å². The molecule has 2 aromatic rings. The lowest BCUT2D eigenvalue weighted by Gasteiger charge is -2.08. The minimum Gasteiger partial charge on any atom is -0.354 e. The zero-order chi connectivity index (χ0) is 13.5. The maximum atomic E-state index is 4.48. The van der Waals surface area contributed by atoms with E-state index in [4.69, 9.17) is 0 Å². The van der Waals surface area contributed by atoms with Crippen LogP contribution in [0, 0.1) is 0 Å². The van der Waals surface area contributed by atoms with Crippen LogP contribution in [0.3, 0.4) is 0 Å². The van der Waals surface area contributed by atoms with Crippen LogP contribution in [0.25, 0.3) is 5.95 Å². The van der Waals surface area contributed by atoms with Crippen LogP contribution < -0.4 is 5.32 Å². The lowest BCUT2D eigenvalue weighted by Crippen LogP contribution is -2.11. The third-order valence-electron chi connectivity index (χ3n) is 2.69. The fourth-order valence-electron chi connectivity index (χ4n) is 1.66. The monoisotopic (exact) mass is 260 g/mol. The minimum absolute atomic E-state index is 0.622. The van der Waals surface area contributed by atoms with E-state index in [0.29, 0.717) is 11.9 Å². The largest absolute Gasteiger partial charge is 0.354 e. The van der Waals surface area contributed by atoms with Crippen molar-refractivity contribution in [1.82, 2.24) is 24.5 Å². The maximum Gasteiger partial charge on any atom is 0.239 e. The molecule has 0 radical (unpaired) electrons. The van der Waals surface area contributed by atoms with E-state index in [1.165, 1.54) is 0 Å². The van der Waals surface area contributed by atoms with Crippen LogP contribution >= 0.6 is 0 Å². The molecule has 0 amide bonds. The van der Waals surface area contributed by atoms with Crippen molar-refractivity contribution in [3.05, 3.63) is 24.5 Å². The van der Waals surface area contributed by atoms with Crippen molar-refractivity contribution in [2.75, 3.05) is 11.9 Å². The van der Waals surface area contributed by atoms with Gasteiger partial charge in [-0.25, -0.2) is 4.98 Å². The second kappa shape index (κ2) is 6.82. The number of nitrogens with one attached hydrogen (secondary N) is 1. The van der Waals surface area contributed by atoms with E-state index < -0.39 is 0 Å². The molecule has 0 saturated heterocycles. The van der Waals surface area contributed by atoms with Gasteiger partial charge >= 0.3 is 0 Å². The fraction of sp³-hybridized carbons (Fsp3) is 0.538. The first kappa shape index (κ1) is 13.5. The lowest BCUT2D eigenvalue weighted by atomic mass is 10.2. The Morgan fingerprint density at radius 2 is 2.05 bits per heavy atom. The van der Waals surface area contributed by atoms with Crippen LogP contribution in [0.15, 0.2) is 18.7 Å². The van der Waals surface area contributed by atoms with Gasteiger partial charge in [0.2, 0.25) is 11.9 Å². The first-order valence-electron chi connectivity index (χ1n) is 6.80. The number of nitrogens with zero attached hydrogens (tertiary/aromatic N) is 5. The molecule has 6 heteroatoms. The van der Waals surface area contributed by atoms with Crippen molar-refractivity contribution < 1.29 is 0 Å². The summed E-state index contributed by atoms with van der Waals surface area (Å²) in [4.78, 5) is 17.4. The van der Waals surface area contributed by atoms with Gasteiger partial charge in [-0.2, -0.15) is 15.0 Å². The Morgan fingerprint density at radius 3 is 2.74 bits per heavy atom. The number of hydrogen-bond donors (Lipinski definition) is 1. The zero-order valence-electron chi connectivity index (χ0n) is 11.5. The molecule has 6 nitrogen and oxygen atoms in total. The molecule has 0 fully saturated rings. The molecule has 0 saturated carbocycles. The number of hydrogen-bond acceptors (Lipinski definition) is 5. The molecule has 0 aliphatic carbocycles. The van der Waals surface area contributed by atoms with Crippen LogP contribution in [-0.4, -0.2) is 31.0 Å². The Hall–Kier alpha value is -1.98. The van der Waals surface area contributed by atoms with Crippen molar-refractivity contribution in [3.8, 4) is 5.95 Å². The van der Waals surface area contributed by atoms with Crippen molar-refractivity contribution in [2.24, 2.45) is 0 Å². The van der Waals surface area contributed by atoms with Gasteiger partial charge in [0.05, 0.1) is 0 Å². The Kier molecular flexibility index (Phi) is 4.83. The van der Waals surface area contributed by atoms with E-state index in [9.17, 15) is 0 Å². The van der Waals surface area contributed by atoms with Gasteiger partial charge in [0, 0.05) is 25.4 Å². The van der Waals surface area contributed by atoms with E-state index in [-0.39, 0.29) is 0 Å². The topological polar surface area (TPSA) is 68.5 Å². The van der Waals surface area contributed by atoms with Gasteiger partial charge in [-0.15, -0.1) is 0 Å². The van der Waals surface area contributed by atoms with Crippen molar-refractivity contribution >= 4 is 5.95 Å². The van der Waals surface area contributed by atoms with Crippen molar-refractivity contribution in [2.45, 2.75) is 39.5 Å². The van der Waals surface area contributed by atoms with Crippen LogP contribution in [0.2, 0.25) is 0 Å². The van der Waals surface area contributed by atoms with Gasteiger partial charge in [0.15, 0.2) is 0 Å². The second-order valence-electron chi connectivity index (χ2n) is 4.38. The first-order valence-corrected chi connectivity index (χ1v) is 6.80. The number of aryl methyl sites for hydroxylation is 1. The quantitative estimate of drug-likeness (QED) is 0.826. The van der Waals surface area contributed by atoms with Crippen LogP contribution in [0.5, 0.6) is 0 Å². The molecule has 2 heterocycles. The second-order valence-corrected chi connectivity index (χ2v) is 4.38. The molecule has 1 N–H and O–H groups in total. The molecule has 102 valence electrons. The summed E-state index contributed by atoms with van der Waals surface area (Å²) in [5, 5.41) is 3.22. The average molecular weight is 260 g/mol. The standard InChI is InChI=1S/C13H20N6/c1-3-5-6-11-16-12(15-7-4-2)18-13(17-11)19-9-8-14-10-19/h8-10H,3-7H2,1-2H3,(H,15,16,17,18). The maximum absolute atomic E-state index is 4.48. The predicted molar refractivity (Wildman–Crippen MR) is 74.3 cm³/mol. The molecular formula is C13H20N6. The van der Waals surface area contributed by atoms with E-state index in [0.717, 1.165) is 38.1 Å². The van der Waals surface area contributed by atoms with E-state index in [1.54, 1.807) is 17.1 Å². The summed E-state index contributed by atoms with van der Waals surface area (Å²) in [6.45, 7) is 5.14. The molecule has 0 aliphatic rings. The molecule has 0 spiro atoms. The van der Waals surface area contributed by atoms with Gasteiger partial charge in [-0.3, -0.25) is 4.57 Å². The summed E-state index contributed by atoms with van der Waals surface area (Å²) in [5.74, 6) is 2.10. The Morgan fingerprint density at radius 1 is 1.16 bits per heavy atom. The van der Waals surface area contributed by atoms with Gasteiger partial charge in [-0.1, -0.05) is 20.3 Å². The number of aromatic nitrogens is 5. The van der Waals surface area contributed by atoms with Gasteiger partial charge in [0.1, 0.15) is 12.2 Å². The minimum atomic E-state index is 0.622. The molecule has 0 aliphatic heterocycles. The smallest absolute Gasteiger partial charge is 0.239 e. The third-order valence-corrected chi connectivity index (χ3v) is 2.69. The molecule has 0 unspecified atom stereocenters. The highest BCUT2D eigenvalue weighted by atomic mass is 15.2. The van der Waals surface area contributed by atoms with E-state index >= 15 is 0 Å². The van der Waals surface area contributed by atoms with Crippen molar-refractivity contribution in [1.29, 1.82) is 0 Å². The number of rotatable bonds is 7. The molecular weight excluding hydrogens is 240 g/mol. The number of anilines is 1. The molecule has 0 atom stereocenters. The van der Waals surface area contributed by atoms with Crippen LogP contribution in [0.1, 0.15) is 38.9 Å². The SMILES string of the molecule is CCCCc1nc(NCCC)nc(-n2ccnc2)n1. The predicted octanol–water partition coefficient (Wildman–Crippen LogP) is 2.22. The Bertz CT molecular complexity index is 468. The summed E-state index contributed by atoms with van der Waals surface area (Å²) in [7, 11) is 0. The highest BCUT2D eigenvalue weighted by molar-refractivity contribution is 5.28. The first-order chi connectivity index (χ1) is 9.33. The fourth-order valence-corrected chi connectivity index (χ4v) is 1.66. The summed E-state index contributed by atoms with van der Waals surface area (Å²) in [5.41, 5.74) is 0. The van der Waals surface area contributed by atoms with Gasteiger partial charge in [-0.05, 0) is 12.8 Å². The third kappa shape index (κ3) is 3.74. The average Bonchev–Trinajstić information content (AvgIpc) is 2.97. The Labute approximate surface area is 113 Å². The normalized spacial score (nSPS) is 10.6. The summed E-state index contributed by atoms with van der Waals surface area (Å²) in [6.07, 6.45) is 9.38. The lowest BCUT2D eigenvalue weighted by molar-refractivity contribution is 0.733. The van der Waals surface area contributed by atoms with E-state index in [2.05, 4.69) is 39.1 Å². The van der Waals surface area contributed by atoms with Gasteiger partial charge in [0.25, 0.3) is 0 Å². The molecule has 0 bridgehead atoms. The molecule has 0 aromatic carbocycles. The molecule has 2 aromatic heterocycles. The summed E-state index contributed by atoms with van der Waals surface area (Å²) in [6, 6.07) is 0. The van der Waals surface area contributed by atoms with Gasteiger partial charge < -0.3 is 5.32 Å². The van der Waals surface area contributed by atoms with Crippen molar-refractivity contribution in [3.63, 3.8) is 0 Å². The zero-order valence-corrected chi connectivity index (χ0v) is 11.5. The highest BCUT2D eigenvalue weighted by Crippen LogP contribution is 2.08. The van der Waals surface area contributed by atoms with Crippen LogP contribution in [-0.2, 0) is 6.42 Å². The Balaban J connectivity index is 2.25. The number of unbranched alkanes of at least 4 members (excludes halogenated alkanes) is 1.